The van der Waals surface area contributed by atoms with Gasteiger partial charge in [-0.25, -0.2) is 4.98 Å². The first-order valence-electron chi connectivity index (χ1n) is 7.38. The van der Waals surface area contributed by atoms with Crippen molar-refractivity contribution in [3.05, 3.63) is 59.1 Å². The third-order valence-electron chi connectivity index (χ3n) is 3.29. The largest absolute Gasteiger partial charge is 0.733 e. The maximum Gasteiger partial charge on any atom is 0.187 e. The lowest BCUT2D eigenvalue weighted by atomic mass is 10.1. The van der Waals surface area contributed by atoms with Crippen LogP contribution >= 0.6 is 11.3 Å². The lowest BCUT2D eigenvalue weighted by Gasteiger charge is -2.24. The van der Waals surface area contributed by atoms with E-state index < -0.39 is 0 Å². The van der Waals surface area contributed by atoms with Crippen molar-refractivity contribution in [3.8, 4) is 17.0 Å². The summed E-state index contributed by atoms with van der Waals surface area (Å²) in [6.07, 6.45) is 0. The molecule has 3 aromatic rings. The van der Waals surface area contributed by atoms with Crippen LogP contribution in [0.4, 0.5) is 16.5 Å². The Balaban J connectivity index is 1.85. The van der Waals surface area contributed by atoms with Crippen LogP contribution in [-0.2, 0) is 0 Å². The molecule has 0 atom stereocenters. The summed E-state index contributed by atoms with van der Waals surface area (Å²) in [7, 11) is 0. The molecule has 0 fully saturated rings. The lowest BCUT2D eigenvalue weighted by Crippen LogP contribution is -2.09. The number of hydrogen-bond donors (Lipinski definition) is 2. The molecule has 1 aromatic heterocycles. The van der Waals surface area contributed by atoms with E-state index in [-0.39, 0.29) is 10.9 Å². The lowest BCUT2D eigenvalue weighted by molar-refractivity contribution is 0.284. The van der Waals surface area contributed by atoms with Gasteiger partial charge in [-0.15, -0.1) is 11.3 Å². The summed E-state index contributed by atoms with van der Waals surface area (Å²) in [4.78, 5) is 4.52. The van der Waals surface area contributed by atoms with Crippen molar-refractivity contribution in [2.75, 3.05) is 17.2 Å². The fourth-order valence-electron chi connectivity index (χ4n) is 2.21. The minimum atomic E-state index is -0.190. The first-order chi connectivity index (χ1) is 11.7. The molecule has 3 rings (SSSR count). The van der Waals surface area contributed by atoms with Crippen molar-refractivity contribution in [3.63, 3.8) is 0 Å². The molecule has 2 N–H and O–H groups in total. The smallest absolute Gasteiger partial charge is 0.187 e. The van der Waals surface area contributed by atoms with Gasteiger partial charge >= 0.3 is 0 Å². The third-order valence-corrected chi connectivity index (χ3v) is 4.05. The SMILES string of the molecule is CCOc1ccc(-c2csc(Nc3ccccc3)n2)cc1N([O-])O. The highest BCUT2D eigenvalue weighted by Gasteiger charge is 2.10. The molecule has 0 aliphatic carbocycles. The first kappa shape index (κ1) is 16.3. The summed E-state index contributed by atoms with van der Waals surface area (Å²) in [6, 6.07) is 14.8. The van der Waals surface area contributed by atoms with Crippen LogP contribution in [0, 0.1) is 5.21 Å². The van der Waals surface area contributed by atoms with E-state index in [1.165, 1.54) is 11.3 Å². The molecule has 0 unspecified atom stereocenters. The van der Waals surface area contributed by atoms with Crippen LogP contribution in [0.5, 0.6) is 5.75 Å². The highest BCUT2D eigenvalue weighted by Crippen LogP contribution is 2.34. The van der Waals surface area contributed by atoms with Gasteiger partial charge in [0.15, 0.2) is 5.13 Å². The molecule has 0 aliphatic rings. The van der Waals surface area contributed by atoms with Crippen LogP contribution < -0.4 is 15.3 Å². The standard InChI is InChI=1S/C17H16N3O3S/c1-2-23-16-9-8-12(10-15(16)20(21)22)14-11-24-17(19-14)18-13-6-4-3-5-7-13/h3-11,21H,2H2,1H3,(H,18,19)/q-1. The molecule has 0 spiro atoms. The Bertz CT molecular complexity index is 806. The first-order valence-corrected chi connectivity index (χ1v) is 8.26. The van der Waals surface area contributed by atoms with E-state index in [1.807, 2.05) is 42.6 Å². The molecule has 7 heteroatoms. The van der Waals surface area contributed by atoms with Gasteiger partial charge in [-0.3, -0.25) is 5.21 Å². The second-order valence-electron chi connectivity index (χ2n) is 4.92. The Morgan fingerprint density at radius 2 is 2.04 bits per heavy atom. The third kappa shape index (κ3) is 3.65. The van der Waals surface area contributed by atoms with Gasteiger partial charge < -0.3 is 20.5 Å². The number of thiazole rings is 1. The maximum atomic E-state index is 11.3. The van der Waals surface area contributed by atoms with E-state index in [4.69, 9.17) is 4.74 Å². The fraction of sp³-hybridized carbons (Fsp3) is 0.118. The van der Waals surface area contributed by atoms with Gasteiger partial charge in [0, 0.05) is 16.6 Å². The van der Waals surface area contributed by atoms with Crippen LogP contribution in [-0.4, -0.2) is 16.8 Å². The van der Waals surface area contributed by atoms with E-state index in [1.54, 1.807) is 18.2 Å². The number of rotatable bonds is 6. The second-order valence-corrected chi connectivity index (χ2v) is 5.78. The number of aromatic nitrogens is 1. The number of para-hydroxylation sites is 1. The number of hydrogen-bond acceptors (Lipinski definition) is 7. The van der Waals surface area contributed by atoms with E-state index in [0.717, 1.165) is 16.4 Å². The van der Waals surface area contributed by atoms with Gasteiger partial charge in [-0.2, -0.15) is 0 Å². The summed E-state index contributed by atoms with van der Waals surface area (Å²) >= 11 is 1.46. The monoisotopic (exact) mass is 342 g/mol. The average molecular weight is 342 g/mol. The topological polar surface area (TPSA) is 80.7 Å². The van der Waals surface area contributed by atoms with Crippen molar-refractivity contribution in [1.29, 1.82) is 0 Å². The van der Waals surface area contributed by atoms with Crippen LogP contribution in [0.15, 0.2) is 53.9 Å². The van der Waals surface area contributed by atoms with E-state index >= 15 is 0 Å². The van der Waals surface area contributed by atoms with Crippen LogP contribution in [0.25, 0.3) is 11.3 Å². The average Bonchev–Trinajstić information content (AvgIpc) is 3.04. The van der Waals surface area contributed by atoms with Crippen LogP contribution in [0.2, 0.25) is 0 Å². The second kappa shape index (κ2) is 7.31. The zero-order valence-corrected chi connectivity index (χ0v) is 13.8. The van der Waals surface area contributed by atoms with Crippen molar-refractivity contribution in [2.45, 2.75) is 6.92 Å². The zero-order valence-electron chi connectivity index (χ0n) is 13.0. The van der Waals surface area contributed by atoms with Crippen molar-refractivity contribution in [2.24, 2.45) is 0 Å². The van der Waals surface area contributed by atoms with Gasteiger partial charge in [0.25, 0.3) is 0 Å². The molecule has 0 amide bonds. The van der Waals surface area contributed by atoms with Gasteiger partial charge in [0.05, 0.1) is 18.0 Å². The number of ether oxygens (including phenoxy) is 1. The zero-order chi connectivity index (χ0) is 16.9. The quantitative estimate of drug-likeness (QED) is 0.635. The summed E-state index contributed by atoms with van der Waals surface area (Å²) < 4.78 is 5.34. The highest BCUT2D eigenvalue weighted by molar-refractivity contribution is 7.14. The summed E-state index contributed by atoms with van der Waals surface area (Å²) in [5.41, 5.74) is 2.44. The van der Waals surface area contributed by atoms with Gasteiger partial charge in [0.1, 0.15) is 5.75 Å². The number of nitrogens with zero attached hydrogens (tertiary/aromatic N) is 2. The van der Waals surface area contributed by atoms with E-state index in [0.29, 0.717) is 18.1 Å². The van der Waals surface area contributed by atoms with Crippen molar-refractivity contribution >= 4 is 27.8 Å². The van der Waals surface area contributed by atoms with Gasteiger partial charge in [-0.1, -0.05) is 18.2 Å². The summed E-state index contributed by atoms with van der Waals surface area (Å²) in [6.45, 7) is 2.22. The minimum Gasteiger partial charge on any atom is -0.733 e. The Labute approximate surface area is 143 Å². The van der Waals surface area contributed by atoms with E-state index in [9.17, 15) is 10.4 Å². The molecule has 124 valence electrons. The Morgan fingerprint density at radius 1 is 1.25 bits per heavy atom. The molecule has 2 aromatic carbocycles. The van der Waals surface area contributed by atoms with E-state index in [2.05, 4.69) is 10.3 Å². The fourth-order valence-corrected chi connectivity index (χ4v) is 2.95. The predicted octanol–water partition coefficient (Wildman–Crippen LogP) is 4.65. The summed E-state index contributed by atoms with van der Waals surface area (Å²) in [5, 5.41) is 26.3. The van der Waals surface area contributed by atoms with Crippen molar-refractivity contribution < 1.29 is 9.94 Å². The minimum absolute atomic E-state index is 0.0555. The molecule has 24 heavy (non-hydrogen) atoms. The maximum absolute atomic E-state index is 11.3. The van der Waals surface area contributed by atoms with Crippen LogP contribution in [0.1, 0.15) is 6.92 Å². The molecular formula is C17H16N3O3S-. The molecule has 0 aliphatic heterocycles. The number of nitrogens with one attached hydrogen (secondary N) is 1. The normalized spacial score (nSPS) is 10.5. The number of anilines is 3. The molecule has 0 saturated heterocycles. The Morgan fingerprint density at radius 3 is 2.75 bits per heavy atom. The molecule has 0 bridgehead atoms. The Hall–Kier alpha value is -2.61. The Kier molecular flexibility index (Phi) is 4.95. The molecular weight excluding hydrogens is 326 g/mol. The van der Waals surface area contributed by atoms with Gasteiger partial charge in [0.2, 0.25) is 0 Å². The van der Waals surface area contributed by atoms with Crippen LogP contribution in [0.3, 0.4) is 0 Å². The summed E-state index contributed by atoms with van der Waals surface area (Å²) in [5.74, 6) is 0.330. The molecule has 0 radical (unpaired) electrons. The number of benzene rings is 2. The molecule has 6 nitrogen and oxygen atoms in total. The predicted molar refractivity (Wildman–Crippen MR) is 96.1 cm³/mol. The van der Waals surface area contributed by atoms with Gasteiger partial charge in [-0.05, 0) is 37.3 Å². The molecule has 1 heterocycles. The molecule has 0 saturated carbocycles. The van der Waals surface area contributed by atoms with Crippen molar-refractivity contribution in [1.82, 2.24) is 4.98 Å². The highest BCUT2D eigenvalue weighted by atomic mass is 32.1.